The Morgan fingerprint density at radius 2 is 0.913 bits per heavy atom. The summed E-state index contributed by atoms with van der Waals surface area (Å²) in [4.78, 5) is 9.84. The zero-order valence-corrected chi connectivity index (χ0v) is 25.8. The van der Waals surface area contributed by atoms with E-state index in [1.165, 1.54) is 14.2 Å². The molecule has 0 unspecified atom stereocenters. The Morgan fingerprint density at radius 1 is 0.500 bits per heavy atom. The van der Waals surface area contributed by atoms with Crippen LogP contribution in [0.25, 0.3) is 32.7 Å². The van der Waals surface area contributed by atoms with Crippen molar-refractivity contribution in [2.24, 2.45) is 9.98 Å². The van der Waals surface area contributed by atoms with Gasteiger partial charge >= 0.3 is 0 Å². The number of aromatic hydroxyl groups is 2. The molecule has 6 aromatic rings. The average Bonchev–Trinajstić information content (AvgIpc) is 3.10. The fourth-order valence-electron chi connectivity index (χ4n) is 5.49. The minimum Gasteiger partial charge on any atom is -0.504 e. The Hall–Kier alpha value is -6.02. The van der Waals surface area contributed by atoms with Gasteiger partial charge in [0.15, 0.2) is 23.0 Å². The molecular weight excluding hydrogens is 580 g/mol. The van der Waals surface area contributed by atoms with Crippen molar-refractivity contribution in [3.8, 4) is 45.6 Å². The van der Waals surface area contributed by atoms with E-state index in [1.54, 1.807) is 50.9 Å². The summed E-state index contributed by atoms with van der Waals surface area (Å²) in [5, 5.41) is 25.8. The first-order chi connectivity index (χ1) is 22.4. The molecule has 0 saturated carbocycles. The van der Waals surface area contributed by atoms with E-state index in [9.17, 15) is 10.2 Å². The first-order valence-corrected chi connectivity index (χ1v) is 14.5. The van der Waals surface area contributed by atoms with Crippen molar-refractivity contribution < 1.29 is 29.2 Å². The number of ether oxygens (including phenoxy) is 4. The molecule has 6 aromatic carbocycles. The lowest BCUT2D eigenvalue weighted by atomic mass is 9.91. The molecule has 8 heteroatoms. The summed E-state index contributed by atoms with van der Waals surface area (Å²) >= 11 is 0. The SMILES string of the molecule is COc1cc(C=Nc2ccc3ccccc3c2-c2c(N=Cc3cc(OC)cc(OC)c3O)ccc3ccccc23)c(O)c(OC)c1. The Morgan fingerprint density at radius 3 is 1.30 bits per heavy atom. The lowest BCUT2D eigenvalue weighted by Gasteiger charge is -2.16. The Balaban J connectivity index is 1.60. The summed E-state index contributed by atoms with van der Waals surface area (Å²) < 4.78 is 21.5. The minimum absolute atomic E-state index is 0.0432. The minimum atomic E-state index is -0.0432. The van der Waals surface area contributed by atoms with Crippen molar-refractivity contribution in [1.82, 2.24) is 0 Å². The maximum atomic E-state index is 10.9. The van der Waals surface area contributed by atoms with Gasteiger partial charge in [0.25, 0.3) is 0 Å². The highest BCUT2D eigenvalue weighted by molar-refractivity contribution is 6.13. The van der Waals surface area contributed by atoms with E-state index in [1.807, 2.05) is 48.5 Å². The molecule has 0 aliphatic carbocycles. The van der Waals surface area contributed by atoms with Crippen LogP contribution in [-0.4, -0.2) is 51.1 Å². The molecule has 0 amide bonds. The summed E-state index contributed by atoms with van der Waals surface area (Å²) in [5.74, 6) is 1.53. The van der Waals surface area contributed by atoms with Gasteiger partial charge in [-0.3, -0.25) is 9.98 Å². The molecule has 0 aliphatic heterocycles. The zero-order valence-electron chi connectivity index (χ0n) is 25.8. The first kappa shape index (κ1) is 30.0. The number of rotatable bonds is 9. The number of hydrogen-bond acceptors (Lipinski definition) is 8. The van der Waals surface area contributed by atoms with Crippen LogP contribution in [0.5, 0.6) is 34.5 Å². The van der Waals surface area contributed by atoms with Crippen LogP contribution >= 0.6 is 0 Å². The van der Waals surface area contributed by atoms with Gasteiger partial charge in [-0.2, -0.15) is 0 Å². The van der Waals surface area contributed by atoms with Crippen molar-refractivity contribution in [1.29, 1.82) is 0 Å². The molecule has 0 bridgehead atoms. The van der Waals surface area contributed by atoms with Gasteiger partial charge in [0.05, 0.1) is 39.8 Å². The maximum Gasteiger partial charge on any atom is 0.166 e. The van der Waals surface area contributed by atoms with Crippen LogP contribution in [0.1, 0.15) is 11.1 Å². The Labute approximate surface area is 266 Å². The summed E-state index contributed by atoms with van der Waals surface area (Å²) in [7, 11) is 6.08. The number of phenolic OH excluding ortho intramolecular Hbond substituents is 2. The van der Waals surface area contributed by atoms with E-state index >= 15 is 0 Å². The van der Waals surface area contributed by atoms with E-state index in [0.717, 1.165) is 32.7 Å². The predicted molar refractivity (Wildman–Crippen MR) is 184 cm³/mol. The number of benzene rings is 6. The number of methoxy groups -OCH3 is 4. The van der Waals surface area contributed by atoms with Gasteiger partial charge in [0.2, 0.25) is 0 Å². The van der Waals surface area contributed by atoms with Crippen LogP contribution in [0, 0.1) is 0 Å². The molecule has 0 radical (unpaired) electrons. The third-order valence-corrected chi connectivity index (χ3v) is 7.82. The van der Waals surface area contributed by atoms with E-state index in [0.29, 0.717) is 34.0 Å². The fourth-order valence-corrected chi connectivity index (χ4v) is 5.49. The first-order valence-electron chi connectivity index (χ1n) is 14.5. The van der Waals surface area contributed by atoms with Crippen molar-refractivity contribution in [2.75, 3.05) is 28.4 Å². The Kier molecular flexibility index (Phi) is 8.43. The average molecular weight is 613 g/mol. The molecule has 46 heavy (non-hydrogen) atoms. The summed E-state index contributed by atoms with van der Waals surface area (Å²) in [5.41, 5.74) is 3.93. The van der Waals surface area contributed by atoms with Crippen LogP contribution in [0.15, 0.2) is 107 Å². The van der Waals surface area contributed by atoms with Gasteiger partial charge < -0.3 is 29.2 Å². The number of aliphatic imine (C=N–C) groups is 2. The van der Waals surface area contributed by atoms with Crippen LogP contribution < -0.4 is 18.9 Å². The van der Waals surface area contributed by atoms with Crippen LogP contribution in [0.4, 0.5) is 11.4 Å². The molecular formula is C38H32N2O6. The molecule has 2 N–H and O–H groups in total. The Bertz CT molecular complexity index is 1980. The molecule has 0 aliphatic rings. The van der Waals surface area contributed by atoms with Crippen molar-refractivity contribution >= 4 is 45.3 Å². The molecule has 230 valence electrons. The van der Waals surface area contributed by atoms with E-state index in [4.69, 9.17) is 28.9 Å². The molecule has 0 fully saturated rings. The van der Waals surface area contributed by atoms with Crippen molar-refractivity contribution in [2.45, 2.75) is 0 Å². The van der Waals surface area contributed by atoms with Gasteiger partial charge in [-0.25, -0.2) is 0 Å². The number of hydrogen-bond donors (Lipinski definition) is 2. The van der Waals surface area contributed by atoms with Gasteiger partial charge in [-0.1, -0.05) is 60.7 Å². The van der Waals surface area contributed by atoms with Crippen LogP contribution in [-0.2, 0) is 0 Å². The predicted octanol–water partition coefficient (Wildman–Crippen LogP) is 8.61. The zero-order chi connectivity index (χ0) is 32.2. The maximum absolute atomic E-state index is 10.9. The highest BCUT2D eigenvalue weighted by Crippen LogP contribution is 2.46. The molecule has 0 saturated heterocycles. The van der Waals surface area contributed by atoms with E-state index in [-0.39, 0.29) is 23.0 Å². The van der Waals surface area contributed by atoms with Crippen molar-refractivity contribution in [3.05, 3.63) is 108 Å². The second-order valence-electron chi connectivity index (χ2n) is 10.4. The number of phenols is 2. The molecule has 6 rings (SSSR count). The highest BCUT2D eigenvalue weighted by Gasteiger charge is 2.18. The number of nitrogens with zero attached hydrogens (tertiary/aromatic N) is 2. The standard InChI is InChI=1S/C38H32N2O6/c1-43-27-17-25(37(41)33(19-27)45-3)21-39-31-15-13-23-9-5-7-11-29(23)35(31)36-30-12-8-6-10-24(30)14-16-32(36)40-22-26-18-28(44-2)20-34(46-4)38(26)42/h5-22,41-42H,1-4H3. The second-order valence-corrected chi connectivity index (χ2v) is 10.4. The summed E-state index contributed by atoms with van der Waals surface area (Å²) in [6.07, 6.45) is 3.20. The van der Waals surface area contributed by atoms with Crippen LogP contribution in [0.2, 0.25) is 0 Å². The van der Waals surface area contributed by atoms with Gasteiger partial charge in [-0.15, -0.1) is 0 Å². The lowest BCUT2D eigenvalue weighted by molar-refractivity contribution is 0.364. The molecule has 8 nitrogen and oxygen atoms in total. The second kappa shape index (κ2) is 12.9. The normalized spacial score (nSPS) is 11.5. The molecule has 0 aromatic heterocycles. The van der Waals surface area contributed by atoms with E-state index in [2.05, 4.69) is 24.3 Å². The third-order valence-electron chi connectivity index (χ3n) is 7.82. The largest absolute Gasteiger partial charge is 0.504 e. The van der Waals surface area contributed by atoms with Gasteiger partial charge in [0.1, 0.15) is 11.5 Å². The highest BCUT2D eigenvalue weighted by atomic mass is 16.5. The molecule has 0 atom stereocenters. The van der Waals surface area contributed by atoms with Gasteiger partial charge in [0, 0.05) is 46.8 Å². The molecule has 0 spiro atoms. The summed E-state index contributed by atoms with van der Waals surface area (Å²) in [6, 6.07) is 30.8. The topological polar surface area (TPSA) is 102 Å². The van der Waals surface area contributed by atoms with Gasteiger partial charge in [-0.05, 0) is 45.8 Å². The quantitative estimate of drug-likeness (QED) is 0.159. The third kappa shape index (κ3) is 5.64. The molecule has 0 heterocycles. The van der Waals surface area contributed by atoms with Crippen molar-refractivity contribution in [3.63, 3.8) is 0 Å². The van der Waals surface area contributed by atoms with E-state index < -0.39 is 0 Å². The monoisotopic (exact) mass is 612 g/mol. The number of fused-ring (bicyclic) bond motifs is 2. The lowest BCUT2D eigenvalue weighted by Crippen LogP contribution is -1.93. The van der Waals surface area contributed by atoms with Crippen LogP contribution in [0.3, 0.4) is 0 Å². The smallest absolute Gasteiger partial charge is 0.166 e. The fraction of sp³-hybridized carbons (Fsp3) is 0.105. The summed E-state index contributed by atoms with van der Waals surface area (Å²) in [6.45, 7) is 0.